The van der Waals surface area contributed by atoms with Gasteiger partial charge in [-0.25, -0.2) is 0 Å². The van der Waals surface area contributed by atoms with E-state index in [2.05, 4.69) is 0 Å². The highest BCUT2D eigenvalue weighted by Crippen LogP contribution is 2.48. The predicted molar refractivity (Wildman–Crippen MR) is 115 cm³/mol. The molecule has 0 spiro atoms. The fourth-order valence-corrected chi connectivity index (χ4v) is 3.79. The Balaban J connectivity index is 1.71. The van der Waals surface area contributed by atoms with Crippen molar-refractivity contribution in [3.8, 4) is 23.0 Å². The average molecular weight is 406 g/mol. The van der Waals surface area contributed by atoms with Crippen LogP contribution in [0.25, 0.3) is 6.08 Å². The van der Waals surface area contributed by atoms with Gasteiger partial charge >= 0.3 is 0 Å². The Morgan fingerprint density at radius 3 is 2.21 bits per heavy atom. The summed E-state index contributed by atoms with van der Waals surface area (Å²) in [4.78, 5) is 14.0. The van der Waals surface area contributed by atoms with Crippen LogP contribution in [0, 0.1) is 6.92 Å². The number of nitrogens with zero attached hydrogens (tertiary/aromatic N) is 1. The van der Waals surface area contributed by atoms with Gasteiger partial charge < -0.3 is 24.6 Å². The Bertz CT molecular complexity index is 708. The molecular weight excluding hydrogens is 370 g/mol. The molecule has 1 aromatic rings. The van der Waals surface area contributed by atoms with Gasteiger partial charge in [0.15, 0.2) is 11.5 Å². The number of allylic oxidation sites excluding steroid dienone is 1. The SMILES string of the molecule is COc1c(O)c(C)c(/C=C/CCCCCCCC(=O)N2CCCC2)c(O)c1OC. The first-order valence-corrected chi connectivity index (χ1v) is 10.6. The normalized spacial score (nSPS) is 14.0. The highest BCUT2D eigenvalue weighted by molar-refractivity contribution is 5.76. The maximum Gasteiger partial charge on any atom is 0.222 e. The van der Waals surface area contributed by atoms with Crippen molar-refractivity contribution in [3.05, 3.63) is 17.2 Å². The van der Waals surface area contributed by atoms with E-state index in [9.17, 15) is 15.0 Å². The van der Waals surface area contributed by atoms with Gasteiger partial charge in [0.1, 0.15) is 0 Å². The van der Waals surface area contributed by atoms with Crippen molar-refractivity contribution in [1.29, 1.82) is 0 Å². The van der Waals surface area contributed by atoms with Crippen molar-refractivity contribution in [2.24, 2.45) is 0 Å². The highest BCUT2D eigenvalue weighted by Gasteiger charge is 2.21. The summed E-state index contributed by atoms with van der Waals surface area (Å²) in [7, 11) is 2.85. The lowest BCUT2D eigenvalue weighted by Gasteiger charge is -2.16. The average Bonchev–Trinajstić information content (AvgIpc) is 3.26. The number of unbranched alkanes of at least 4 members (excludes halogenated alkanes) is 5. The summed E-state index contributed by atoms with van der Waals surface area (Å²) in [6.45, 7) is 3.62. The molecule has 1 amide bonds. The minimum absolute atomic E-state index is 0.0229. The van der Waals surface area contributed by atoms with Crippen LogP contribution in [0.1, 0.15) is 68.9 Å². The second-order valence-corrected chi connectivity index (χ2v) is 7.60. The van der Waals surface area contributed by atoms with E-state index in [0.717, 1.165) is 64.5 Å². The predicted octanol–water partition coefficient (Wildman–Crippen LogP) is 4.79. The van der Waals surface area contributed by atoms with E-state index in [0.29, 0.717) is 23.5 Å². The number of methoxy groups -OCH3 is 2. The topological polar surface area (TPSA) is 79.2 Å². The fraction of sp³-hybridized carbons (Fsp3) is 0.609. The van der Waals surface area contributed by atoms with Crippen molar-refractivity contribution in [3.63, 3.8) is 0 Å². The van der Waals surface area contributed by atoms with E-state index in [1.165, 1.54) is 14.2 Å². The smallest absolute Gasteiger partial charge is 0.222 e. The highest BCUT2D eigenvalue weighted by atomic mass is 16.5. The first-order chi connectivity index (χ1) is 14.0. The first kappa shape index (κ1) is 22.9. The van der Waals surface area contributed by atoms with Gasteiger partial charge in [0.2, 0.25) is 17.4 Å². The molecule has 29 heavy (non-hydrogen) atoms. The molecule has 6 nitrogen and oxygen atoms in total. The van der Waals surface area contributed by atoms with E-state index in [-0.39, 0.29) is 23.0 Å². The number of rotatable bonds is 11. The number of aromatic hydroxyl groups is 2. The van der Waals surface area contributed by atoms with Crippen LogP contribution in [0.15, 0.2) is 6.08 Å². The second-order valence-electron chi connectivity index (χ2n) is 7.60. The molecule has 6 heteroatoms. The summed E-state index contributed by atoms with van der Waals surface area (Å²) in [5.41, 5.74) is 1.10. The number of amides is 1. The lowest BCUT2D eigenvalue weighted by molar-refractivity contribution is -0.130. The fourth-order valence-electron chi connectivity index (χ4n) is 3.79. The molecule has 1 aliphatic heterocycles. The van der Waals surface area contributed by atoms with E-state index in [1.54, 1.807) is 6.92 Å². The number of carbonyl (C=O) groups is 1. The molecule has 0 aliphatic carbocycles. The molecule has 0 bridgehead atoms. The van der Waals surface area contributed by atoms with E-state index < -0.39 is 0 Å². The lowest BCUT2D eigenvalue weighted by atomic mass is 10.0. The van der Waals surface area contributed by atoms with Crippen LogP contribution in [0.3, 0.4) is 0 Å². The van der Waals surface area contributed by atoms with Crippen LogP contribution in [-0.2, 0) is 4.79 Å². The Kier molecular flexibility index (Phi) is 9.16. The van der Waals surface area contributed by atoms with Gasteiger partial charge in [-0.1, -0.05) is 31.4 Å². The Morgan fingerprint density at radius 2 is 1.55 bits per heavy atom. The summed E-state index contributed by atoms with van der Waals surface area (Å²) in [6.07, 6.45) is 13.1. The first-order valence-electron chi connectivity index (χ1n) is 10.6. The monoisotopic (exact) mass is 405 g/mol. The molecule has 2 N–H and O–H groups in total. The minimum atomic E-state index is -0.0291. The van der Waals surface area contributed by atoms with Crippen molar-refractivity contribution in [2.45, 2.75) is 64.7 Å². The van der Waals surface area contributed by atoms with Crippen LogP contribution < -0.4 is 9.47 Å². The molecule has 1 aromatic carbocycles. The molecular formula is C23H35NO5. The van der Waals surface area contributed by atoms with Crippen molar-refractivity contribution in [2.75, 3.05) is 27.3 Å². The summed E-state index contributed by atoms with van der Waals surface area (Å²) in [5.74, 6) is 0.546. The Hall–Kier alpha value is -2.37. The summed E-state index contributed by atoms with van der Waals surface area (Å²) in [5, 5.41) is 20.7. The molecule has 1 fully saturated rings. The van der Waals surface area contributed by atoms with Gasteiger partial charge in [0, 0.05) is 30.6 Å². The lowest BCUT2D eigenvalue weighted by Crippen LogP contribution is -2.27. The molecule has 2 rings (SSSR count). The zero-order valence-electron chi connectivity index (χ0n) is 18.0. The van der Waals surface area contributed by atoms with Gasteiger partial charge in [-0.2, -0.15) is 0 Å². The number of carbonyl (C=O) groups excluding carboxylic acids is 1. The second kappa shape index (κ2) is 11.6. The molecule has 1 saturated heterocycles. The zero-order chi connectivity index (χ0) is 21.2. The van der Waals surface area contributed by atoms with E-state index in [4.69, 9.17) is 9.47 Å². The number of hydrogen-bond acceptors (Lipinski definition) is 5. The maximum atomic E-state index is 12.0. The van der Waals surface area contributed by atoms with Crippen molar-refractivity contribution < 1.29 is 24.5 Å². The molecule has 0 unspecified atom stereocenters. The number of phenols is 2. The van der Waals surface area contributed by atoms with Crippen LogP contribution >= 0.6 is 0 Å². The van der Waals surface area contributed by atoms with Crippen LogP contribution in [0.4, 0.5) is 0 Å². The molecule has 1 heterocycles. The summed E-state index contributed by atoms with van der Waals surface area (Å²) in [6, 6.07) is 0. The Morgan fingerprint density at radius 1 is 0.966 bits per heavy atom. The van der Waals surface area contributed by atoms with Crippen LogP contribution in [0.2, 0.25) is 0 Å². The minimum Gasteiger partial charge on any atom is -0.504 e. The molecule has 162 valence electrons. The maximum absolute atomic E-state index is 12.0. The standard InChI is InChI=1S/C23H35NO5/c1-17-18(21(27)23(29-3)22(28-2)20(17)26)13-9-7-5-4-6-8-10-14-19(25)24-15-11-12-16-24/h9,13,26-27H,4-8,10-12,14-16H2,1-3H3/b13-9+. The number of ether oxygens (including phenoxy) is 2. The van der Waals surface area contributed by atoms with Crippen molar-refractivity contribution >= 4 is 12.0 Å². The third kappa shape index (κ3) is 6.05. The van der Waals surface area contributed by atoms with E-state index >= 15 is 0 Å². The molecule has 0 aromatic heterocycles. The molecule has 0 atom stereocenters. The number of likely N-dealkylation sites (tertiary alicyclic amines) is 1. The largest absolute Gasteiger partial charge is 0.504 e. The van der Waals surface area contributed by atoms with E-state index in [1.807, 2.05) is 17.1 Å². The van der Waals surface area contributed by atoms with Gasteiger partial charge in [-0.3, -0.25) is 4.79 Å². The Labute approximate surface area is 174 Å². The zero-order valence-corrected chi connectivity index (χ0v) is 18.0. The quantitative estimate of drug-likeness (QED) is 0.409. The van der Waals surface area contributed by atoms with Crippen LogP contribution in [0.5, 0.6) is 23.0 Å². The van der Waals surface area contributed by atoms with Gasteiger partial charge in [-0.05, 0) is 39.0 Å². The number of phenolic OH excluding ortho intramolecular Hbond substituents is 2. The summed E-state index contributed by atoms with van der Waals surface area (Å²) >= 11 is 0. The van der Waals surface area contributed by atoms with Gasteiger partial charge in [0.05, 0.1) is 14.2 Å². The van der Waals surface area contributed by atoms with Gasteiger partial charge in [0.25, 0.3) is 0 Å². The number of benzene rings is 1. The van der Waals surface area contributed by atoms with Crippen LogP contribution in [-0.4, -0.2) is 48.3 Å². The van der Waals surface area contributed by atoms with Gasteiger partial charge in [-0.15, -0.1) is 0 Å². The third-order valence-corrected chi connectivity index (χ3v) is 5.56. The third-order valence-electron chi connectivity index (χ3n) is 5.56. The molecule has 1 aliphatic rings. The molecule has 0 saturated carbocycles. The van der Waals surface area contributed by atoms with Crippen molar-refractivity contribution in [1.82, 2.24) is 4.90 Å². The summed E-state index contributed by atoms with van der Waals surface area (Å²) < 4.78 is 10.3. The molecule has 0 radical (unpaired) electrons. The number of hydrogen-bond donors (Lipinski definition) is 2.